The van der Waals surface area contributed by atoms with Gasteiger partial charge in [-0.15, -0.1) is 0 Å². The number of aliphatic hydroxyl groups is 1. The van der Waals surface area contributed by atoms with E-state index in [0.29, 0.717) is 13.0 Å². The van der Waals surface area contributed by atoms with Gasteiger partial charge in [-0.3, -0.25) is 9.78 Å². The zero-order valence-corrected chi connectivity index (χ0v) is 13.8. The highest BCUT2D eigenvalue weighted by molar-refractivity contribution is 5.76. The number of amides is 1. The third-order valence-electron chi connectivity index (χ3n) is 4.36. The largest absolute Gasteiger partial charge is 0.388 e. The Morgan fingerprint density at radius 2 is 2.08 bits per heavy atom. The Labute approximate surface area is 141 Å². The summed E-state index contributed by atoms with van der Waals surface area (Å²) in [6, 6.07) is 9.88. The van der Waals surface area contributed by atoms with Crippen molar-refractivity contribution in [2.24, 2.45) is 0 Å². The first-order valence-electron chi connectivity index (χ1n) is 8.15. The van der Waals surface area contributed by atoms with Crippen molar-refractivity contribution in [3.8, 4) is 11.3 Å². The number of piperidine rings is 1. The molecule has 126 valence electrons. The SMILES string of the molecule is CNC(=O)CC1(O)CCCN(c2cnc(-c3ccccc3)cn2)C1. The van der Waals surface area contributed by atoms with Gasteiger partial charge in [0.05, 0.1) is 30.1 Å². The van der Waals surface area contributed by atoms with Gasteiger partial charge in [-0.2, -0.15) is 0 Å². The summed E-state index contributed by atoms with van der Waals surface area (Å²) in [6.45, 7) is 1.19. The predicted octanol–water partition coefficient (Wildman–Crippen LogP) is 1.61. The van der Waals surface area contributed by atoms with E-state index in [1.165, 1.54) is 0 Å². The van der Waals surface area contributed by atoms with Crippen LogP contribution in [-0.2, 0) is 4.79 Å². The molecule has 1 aromatic carbocycles. The van der Waals surface area contributed by atoms with Crippen LogP contribution in [0.25, 0.3) is 11.3 Å². The maximum absolute atomic E-state index is 11.6. The molecule has 1 unspecified atom stereocenters. The lowest BCUT2D eigenvalue weighted by atomic mass is 9.89. The topological polar surface area (TPSA) is 78.4 Å². The summed E-state index contributed by atoms with van der Waals surface area (Å²) in [7, 11) is 1.58. The molecular formula is C18H22N4O2. The fourth-order valence-corrected chi connectivity index (χ4v) is 3.08. The summed E-state index contributed by atoms with van der Waals surface area (Å²) in [4.78, 5) is 22.6. The van der Waals surface area contributed by atoms with Gasteiger partial charge in [0.1, 0.15) is 5.82 Å². The third-order valence-corrected chi connectivity index (χ3v) is 4.36. The minimum absolute atomic E-state index is 0.107. The minimum Gasteiger partial charge on any atom is -0.388 e. The molecule has 1 amide bonds. The van der Waals surface area contributed by atoms with E-state index in [9.17, 15) is 9.90 Å². The molecule has 0 bridgehead atoms. The quantitative estimate of drug-likeness (QED) is 0.892. The third kappa shape index (κ3) is 3.71. The van der Waals surface area contributed by atoms with Gasteiger partial charge in [0.15, 0.2) is 0 Å². The van der Waals surface area contributed by atoms with Gasteiger partial charge in [0, 0.05) is 25.7 Å². The molecule has 2 N–H and O–H groups in total. The number of aromatic nitrogens is 2. The number of nitrogens with zero attached hydrogens (tertiary/aromatic N) is 3. The number of β-amino-alcohol motifs (C(OH)–C–C–N with tert-alkyl or cyclic N) is 1. The van der Waals surface area contributed by atoms with Gasteiger partial charge < -0.3 is 15.3 Å². The second-order valence-corrected chi connectivity index (χ2v) is 6.23. The van der Waals surface area contributed by atoms with Crippen LogP contribution in [0, 0.1) is 0 Å². The summed E-state index contributed by atoms with van der Waals surface area (Å²) in [6.07, 6.45) is 5.02. The van der Waals surface area contributed by atoms with E-state index >= 15 is 0 Å². The molecule has 6 heteroatoms. The molecule has 0 radical (unpaired) electrons. The lowest BCUT2D eigenvalue weighted by molar-refractivity contribution is -0.125. The van der Waals surface area contributed by atoms with Crippen LogP contribution < -0.4 is 10.2 Å². The zero-order chi connectivity index (χ0) is 17.0. The Kier molecular flexibility index (Phi) is 4.76. The fraction of sp³-hybridized carbons (Fsp3) is 0.389. The second kappa shape index (κ2) is 6.97. The Morgan fingerprint density at radius 3 is 2.75 bits per heavy atom. The Bertz CT molecular complexity index is 690. The van der Waals surface area contributed by atoms with E-state index in [2.05, 4.69) is 15.3 Å². The highest BCUT2D eigenvalue weighted by Gasteiger charge is 2.35. The fourth-order valence-electron chi connectivity index (χ4n) is 3.08. The first kappa shape index (κ1) is 16.4. The number of benzene rings is 1. The first-order chi connectivity index (χ1) is 11.6. The molecule has 2 heterocycles. The molecule has 0 aliphatic carbocycles. The van der Waals surface area contributed by atoms with Crippen molar-refractivity contribution in [2.75, 3.05) is 25.0 Å². The number of carbonyl (C=O) groups is 1. The summed E-state index contributed by atoms with van der Waals surface area (Å²) in [5.74, 6) is 0.578. The highest BCUT2D eigenvalue weighted by Crippen LogP contribution is 2.27. The first-order valence-corrected chi connectivity index (χ1v) is 8.15. The van der Waals surface area contributed by atoms with Crippen LogP contribution >= 0.6 is 0 Å². The van der Waals surface area contributed by atoms with Crippen molar-refractivity contribution in [1.29, 1.82) is 0 Å². The number of rotatable bonds is 4. The normalized spacial score (nSPS) is 20.7. The number of hydrogen-bond acceptors (Lipinski definition) is 5. The summed E-state index contributed by atoms with van der Waals surface area (Å²) in [5, 5.41) is 13.3. The van der Waals surface area contributed by atoms with Crippen LogP contribution in [0.3, 0.4) is 0 Å². The van der Waals surface area contributed by atoms with Gasteiger partial charge in [-0.1, -0.05) is 30.3 Å². The maximum Gasteiger partial charge on any atom is 0.222 e. The maximum atomic E-state index is 11.6. The molecule has 1 aliphatic heterocycles. The summed E-state index contributed by atoms with van der Waals surface area (Å²) < 4.78 is 0. The molecule has 1 atom stereocenters. The summed E-state index contributed by atoms with van der Waals surface area (Å²) >= 11 is 0. The van der Waals surface area contributed by atoms with Crippen molar-refractivity contribution in [3.05, 3.63) is 42.7 Å². The number of anilines is 1. The molecule has 6 nitrogen and oxygen atoms in total. The minimum atomic E-state index is -1.02. The second-order valence-electron chi connectivity index (χ2n) is 6.23. The van der Waals surface area contributed by atoms with Gasteiger partial charge >= 0.3 is 0 Å². The van der Waals surface area contributed by atoms with Crippen LogP contribution in [-0.4, -0.2) is 46.7 Å². The number of hydrogen-bond donors (Lipinski definition) is 2. The van der Waals surface area contributed by atoms with E-state index in [1.807, 2.05) is 35.2 Å². The molecule has 1 aromatic heterocycles. The average Bonchev–Trinajstić information content (AvgIpc) is 2.62. The Hall–Kier alpha value is -2.47. The van der Waals surface area contributed by atoms with Crippen molar-refractivity contribution >= 4 is 11.7 Å². The van der Waals surface area contributed by atoms with Crippen LogP contribution in [0.15, 0.2) is 42.7 Å². The molecule has 3 rings (SSSR count). The van der Waals surface area contributed by atoms with Crippen molar-refractivity contribution in [1.82, 2.24) is 15.3 Å². The molecule has 1 aliphatic rings. The van der Waals surface area contributed by atoms with E-state index < -0.39 is 5.60 Å². The van der Waals surface area contributed by atoms with Crippen molar-refractivity contribution in [2.45, 2.75) is 24.9 Å². The van der Waals surface area contributed by atoms with E-state index in [-0.39, 0.29) is 12.3 Å². The van der Waals surface area contributed by atoms with E-state index in [0.717, 1.165) is 30.0 Å². The van der Waals surface area contributed by atoms with Gasteiger partial charge in [0.2, 0.25) is 5.91 Å². The van der Waals surface area contributed by atoms with Crippen LogP contribution in [0.1, 0.15) is 19.3 Å². The Balaban J connectivity index is 1.73. The molecule has 1 fully saturated rings. The van der Waals surface area contributed by atoms with Gasteiger partial charge in [0.25, 0.3) is 0 Å². The van der Waals surface area contributed by atoms with E-state index in [4.69, 9.17) is 0 Å². The van der Waals surface area contributed by atoms with Crippen LogP contribution in [0.4, 0.5) is 5.82 Å². The molecule has 0 spiro atoms. The molecule has 2 aromatic rings. The molecule has 24 heavy (non-hydrogen) atoms. The molecule has 1 saturated heterocycles. The van der Waals surface area contributed by atoms with Crippen LogP contribution in [0.5, 0.6) is 0 Å². The monoisotopic (exact) mass is 326 g/mol. The molecule has 0 saturated carbocycles. The van der Waals surface area contributed by atoms with Gasteiger partial charge in [-0.05, 0) is 12.8 Å². The Morgan fingerprint density at radius 1 is 1.29 bits per heavy atom. The lowest BCUT2D eigenvalue weighted by Gasteiger charge is -2.39. The predicted molar refractivity (Wildman–Crippen MR) is 92.5 cm³/mol. The van der Waals surface area contributed by atoms with E-state index in [1.54, 1.807) is 19.4 Å². The highest BCUT2D eigenvalue weighted by atomic mass is 16.3. The van der Waals surface area contributed by atoms with Gasteiger partial charge in [-0.25, -0.2) is 4.98 Å². The zero-order valence-electron chi connectivity index (χ0n) is 13.8. The molecular weight excluding hydrogens is 304 g/mol. The standard InChI is InChI=1S/C18H22N4O2/c1-19-17(23)10-18(24)8-5-9-22(13-18)16-12-20-15(11-21-16)14-6-3-2-4-7-14/h2-4,6-7,11-12,24H,5,8-10,13H2,1H3,(H,19,23). The average molecular weight is 326 g/mol. The van der Waals surface area contributed by atoms with Crippen molar-refractivity contribution < 1.29 is 9.90 Å². The van der Waals surface area contributed by atoms with Crippen LogP contribution in [0.2, 0.25) is 0 Å². The number of carbonyl (C=O) groups excluding carboxylic acids is 1. The summed E-state index contributed by atoms with van der Waals surface area (Å²) in [5.41, 5.74) is 0.821. The number of nitrogens with one attached hydrogen (secondary N) is 1. The lowest BCUT2D eigenvalue weighted by Crippen LogP contribution is -2.50. The smallest absolute Gasteiger partial charge is 0.222 e. The van der Waals surface area contributed by atoms with Crippen molar-refractivity contribution in [3.63, 3.8) is 0 Å².